The van der Waals surface area contributed by atoms with Crippen LogP contribution in [0, 0.1) is 0 Å². The normalized spacial score (nSPS) is 22.8. The molecule has 234 valence electrons. The summed E-state index contributed by atoms with van der Waals surface area (Å²) in [7, 11) is 0. The molecule has 0 radical (unpaired) electrons. The molecule has 12 heteroatoms. The first-order valence-electron chi connectivity index (χ1n) is 16.2. The molecule has 2 aromatic heterocycles. The number of rotatable bonds is 7. The Morgan fingerprint density at radius 3 is 2.59 bits per heavy atom. The molecule has 7 rings (SSSR count). The maximum absolute atomic E-state index is 13.6. The Balaban J connectivity index is 0.971. The number of nitrogens with zero attached hydrogens (tertiary/aromatic N) is 5. The summed E-state index contributed by atoms with van der Waals surface area (Å²) in [4.78, 5) is 42.7. The number of likely N-dealkylation sites (tertiary alicyclic amines) is 1. The Labute approximate surface area is 257 Å². The first-order chi connectivity index (χ1) is 21.5. The maximum Gasteiger partial charge on any atom is 0.350 e. The first-order valence-corrected chi connectivity index (χ1v) is 16.2. The Kier molecular flexibility index (Phi) is 8.37. The number of amides is 1. The van der Waals surface area contributed by atoms with Crippen LogP contribution in [0.1, 0.15) is 74.7 Å². The highest BCUT2D eigenvalue weighted by molar-refractivity contribution is 5.78. The number of carbonyl (C=O) groups excluding carboxylic acids is 1. The molecule has 1 saturated carbocycles. The van der Waals surface area contributed by atoms with Crippen LogP contribution in [0.4, 0.5) is 11.5 Å². The van der Waals surface area contributed by atoms with Gasteiger partial charge in [0.25, 0.3) is 0 Å². The minimum absolute atomic E-state index is 0.109. The third-order valence-corrected chi connectivity index (χ3v) is 9.89. The zero-order chi connectivity index (χ0) is 30.0. The predicted octanol–water partition coefficient (Wildman–Crippen LogP) is 3.22. The minimum atomic E-state index is -0.260. The second-order valence-corrected chi connectivity index (χ2v) is 12.8. The first kappa shape index (κ1) is 29.0. The van der Waals surface area contributed by atoms with Gasteiger partial charge in [-0.25, -0.2) is 9.78 Å². The molecular formula is C32H43N9O3. The highest BCUT2D eigenvalue weighted by Gasteiger charge is 2.30. The van der Waals surface area contributed by atoms with Gasteiger partial charge in [-0.3, -0.25) is 14.3 Å². The van der Waals surface area contributed by atoms with Crippen LogP contribution < -0.4 is 26.8 Å². The van der Waals surface area contributed by atoms with E-state index >= 15 is 0 Å². The number of hydrogen-bond donors (Lipinski definition) is 4. The van der Waals surface area contributed by atoms with Gasteiger partial charge in [0.05, 0.1) is 25.0 Å². The largest absolute Gasteiger partial charge is 0.450 e. The average molecular weight is 602 g/mol. The number of aromatic nitrogens is 4. The number of fused-ring (bicyclic) bond motifs is 2. The number of imidazole rings is 1. The molecular weight excluding hydrogens is 558 g/mol. The Morgan fingerprint density at radius 2 is 1.84 bits per heavy atom. The van der Waals surface area contributed by atoms with Crippen LogP contribution in [0.2, 0.25) is 0 Å². The zero-order valence-electron chi connectivity index (χ0n) is 25.2. The summed E-state index contributed by atoms with van der Waals surface area (Å²) in [6, 6.07) is 6.85. The van der Waals surface area contributed by atoms with Crippen molar-refractivity contribution in [1.82, 2.24) is 34.6 Å². The van der Waals surface area contributed by atoms with E-state index in [9.17, 15) is 9.59 Å². The zero-order valence-corrected chi connectivity index (χ0v) is 25.2. The Bertz CT molecular complexity index is 1500. The van der Waals surface area contributed by atoms with Crippen molar-refractivity contribution >= 4 is 17.4 Å². The van der Waals surface area contributed by atoms with Crippen molar-refractivity contribution in [2.45, 2.75) is 82.0 Å². The molecule has 3 aromatic rings. The van der Waals surface area contributed by atoms with Crippen LogP contribution >= 0.6 is 0 Å². The van der Waals surface area contributed by atoms with Crippen LogP contribution in [0.25, 0.3) is 0 Å². The molecule has 5 N–H and O–H groups in total. The Morgan fingerprint density at radius 1 is 1.05 bits per heavy atom. The molecule has 1 aromatic carbocycles. The number of H-pyrrole nitrogens is 1. The second-order valence-electron chi connectivity index (χ2n) is 12.8. The van der Waals surface area contributed by atoms with Gasteiger partial charge < -0.3 is 31.0 Å². The molecule has 0 atom stereocenters. The van der Waals surface area contributed by atoms with Gasteiger partial charge in [0.1, 0.15) is 5.82 Å². The number of carbonyl (C=O) groups is 1. The van der Waals surface area contributed by atoms with Gasteiger partial charge in [-0.2, -0.15) is 4.98 Å². The molecule has 1 amide bonds. The van der Waals surface area contributed by atoms with Gasteiger partial charge in [0, 0.05) is 30.5 Å². The van der Waals surface area contributed by atoms with Crippen molar-refractivity contribution in [3.63, 3.8) is 0 Å². The molecule has 0 spiro atoms. The van der Waals surface area contributed by atoms with Gasteiger partial charge >= 0.3 is 5.69 Å². The fourth-order valence-electron chi connectivity index (χ4n) is 7.28. The lowest BCUT2D eigenvalue weighted by Gasteiger charge is -2.37. The summed E-state index contributed by atoms with van der Waals surface area (Å²) >= 11 is 0. The summed E-state index contributed by atoms with van der Waals surface area (Å²) in [6.45, 7) is 4.58. The fourth-order valence-corrected chi connectivity index (χ4v) is 7.28. The standard InChI is InChI=1S/C32H43N9O3/c33-23-2-4-24(5-3-23)41-18-28-31(38-32(41)43)37-26-17-22(1-6-27(26)44-28)21-9-15-39(16-10-21)20-30(42)40(19-29-35-13-14-36-29)25-7-11-34-12-8-25/h1,6,13-14,17-18,21,23-25,34H,2-5,7-12,15-16,19-20,33H2,(H,35,36)(H,37,38,43). The average Bonchev–Trinajstić information content (AvgIpc) is 3.57. The van der Waals surface area contributed by atoms with Crippen molar-refractivity contribution in [1.29, 1.82) is 0 Å². The lowest BCUT2D eigenvalue weighted by molar-refractivity contribution is -0.136. The maximum atomic E-state index is 13.6. The lowest BCUT2D eigenvalue weighted by Crippen LogP contribution is -2.50. The predicted molar refractivity (Wildman–Crippen MR) is 167 cm³/mol. The van der Waals surface area contributed by atoms with Crippen molar-refractivity contribution < 1.29 is 9.53 Å². The van der Waals surface area contributed by atoms with Crippen molar-refractivity contribution in [3.8, 4) is 11.5 Å². The molecule has 2 saturated heterocycles. The molecule has 1 aliphatic carbocycles. The number of benzene rings is 1. The highest BCUT2D eigenvalue weighted by Crippen LogP contribution is 2.43. The molecule has 0 bridgehead atoms. The van der Waals surface area contributed by atoms with E-state index in [1.54, 1.807) is 17.0 Å². The molecule has 3 fully saturated rings. The summed E-state index contributed by atoms with van der Waals surface area (Å²) in [5.41, 5.74) is 7.87. The van der Waals surface area contributed by atoms with Crippen molar-refractivity contribution in [2.75, 3.05) is 38.0 Å². The van der Waals surface area contributed by atoms with Gasteiger partial charge in [-0.15, -0.1) is 0 Å². The molecule has 4 aliphatic rings. The summed E-state index contributed by atoms with van der Waals surface area (Å²) < 4.78 is 7.94. The number of piperidine rings is 2. The topological polar surface area (TPSA) is 146 Å². The lowest BCUT2D eigenvalue weighted by atomic mass is 9.89. The third-order valence-electron chi connectivity index (χ3n) is 9.89. The van der Waals surface area contributed by atoms with E-state index in [-0.39, 0.29) is 29.7 Å². The van der Waals surface area contributed by atoms with E-state index in [0.29, 0.717) is 30.6 Å². The van der Waals surface area contributed by atoms with E-state index in [4.69, 9.17) is 10.5 Å². The summed E-state index contributed by atoms with van der Waals surface area (Å²) in [5.74, 6) is 3.17. The Hall–Kier alpha value is -3.74. The summed E-state index contributed by atoms with van der Waals surface area (Å²) in [6.07, 6.45) is 12.8. The van der Waals surface area contributed by atoms with Gasteiger partial charge in [0.2, 0.25) is 5.91 Å². The van der Waals surface area contributed by atoms with Gasteiger partial charge in [-0.05, 0) is 101 Å². The highest BCUT2D eigenvalue weighted by atomic mass is 16.5. The number of ether oxygens (including phenoxy) is 1. The van der Waals surface area contributed by atoms with Crippen LogP contribution in [0.15, 0.2) is 41.6 Å². The molecule has 12 nitrogen and oxygen atoms in total. The van der Waals surface area contributed by atoms with Crippen LogP contribution in [0.3, 0.4) is 0 Å². The van der Waals surface area contributed by atoms with Crippen molar-refractivity contribution in [2.24, 2.45) is 5.73 Å². The minimum Gasteiger partial charge on any atom is -0.450 e. The van der Waals surface area contributed by atoms with Crippen LogP contribution in [-0.4, -0.2) is 80.0 Å². The van der Waals surface area contributed by atoms with E-state index in [1.807, 2.05) is 17.2 Å². The molecule has 44 heavy (non-hydrogen) atoms. The third kappa shape index (κ3) is 6.24. The van der Waals surface area contributed by atoms with Gasteiger partial charge in [-0.1, -0.05) is 6.07 Å². The molecule has 3 aliphatic heterocycles. The van der Waals surface area contributed by atoms with Crippen LogP contribution in [-0.2, 0) is 11.3 Å². The number of nitrogens with one attached hydrogen (secondary N) is 3. The van der Waals surface area contributed by atoms with E-state index in [0.717, 1.165) is 94.8 Å². The molecule has 5 heterocycles. The number of anilines is 2. The van der Waals surface area contributed by atoms with Crippen LogP contribution in [0.5, 0.6) is 11.5 Å². The second kappa shape index (κ2) is 12.7. The summed E-state index contributed by atoms with van der Waals surface area (Å²) in [5, 5.41) is 6.76. The SMILES string of the molecule is NC1CCC(n2cc3c(nc2=O)Nc2cc(C4CCN(CC(=O)N(Cc5ncc[nH]5)C5CCNCC5)CC4)ccc2O3)CC1. The quantitative estimate of drug-likeness (QED) is 0.251. The monoisotopic (exact) mass is 601 g/mol. The fraction of sp³-hybridized carbons (Fsp3) is 0.562. The smallest absolute Gasteiger partial charge is 0.350 e. The number of hydrogen-bond acceptors (Lipinski definition) is 9. The van der Waals surface area contributed by atoms with Crippen molar-refractivity contribution in [3.05, 3.63) is 58.7 Å². The van der Waals surface area contributed by atoms with E-state index in [1.165, 1.54) is 5.56 Å². The number of nitrogens with two attached hydrogens (primary N) is 1. The van der Waals surface area contributed by atoms with E-state index in [2.05, 4.69) is 42.6 Å². The van der Waals surface area contributed by atoms with E-state index < -0.39 is 0 Å². The van der Waals surface area contributed by atoms with Gasteiger partial charge in [0.15, 0.2) is 17.3 Å². The number of aromatic amines is 1. The molecule has 0 unspecified atom stereocenters.